The van der Waals surface area contributed by atoms with Crippen molar-refractivity contribution in [3.8, 4) is 0 Å². The first-order valence-electron chi connectivity index (χ1n) is 8.95. The van der Waals surface area contributed by atoms with Gasteiger partial charge in [0.25, 0.3) is 6.43 Å². The summed E-state index contributed by atoms with van der Waals surface area (Å²) in [5.74, 6) is 0.805. The van der Waals surface area contributed by atoms with E-state index >= 15 is 0 Å². The Morgan fingerprint density at radius 2 is 2.22 bits per heavy atom. The number of anilines is 1. The number of hydrogen-bond acceptors (Lipinski definition) is 4. The van der Waals surface area contributed by atoms with E-state index in [0.29, 0.717) is 12.1 Å². The molecular formula is C19H23F2N5O. The number of piperidine rings is 1. The zero-order valence-corrected chi connectivity index (χ0v) is 15.2. The normalized spacial score (nSPS) is 17.0. The topological polar surface area (TPSA) is 61.4 Å². The number of urea groups is 1. The van der Waals surface area contributed by atoms with E-state index in [1.807, 2.05) is 12.1 Å². The van der Waals surface area contributed by atoms with Crippen molar-refractivity contribution in [3.63, 3.8) is 0 Å². The molecule has 1 N–H and O–H groups in total. The molecule has 2 heterocycles. The summed E-state index contributed by atoms with van der Waals surface area (Å²) >= 11 is 0. The number of hydrogen-bond donors (Lipinski definition) is 1. The number of nitrogens with zero attached hydrogens (tertiary/aromatic N) is 4. The number of carbonyl (C=O) groups is 1. The highest BCUT2D eigenvalue weighted by molar-refractivity contribution is 5.74. The lowest BCUT2D eigenvalue weighted by Gasteiger charge is -2.37. The third-order valence-corrected chi connectivity index (χ3v) is 4.79. The van der Waals surface area contributed by atoms with Crippen LogP contribution in [0.3, 0.4) is 0 Å². The van der Waals surface area contributed by atoms with Gasteiger partial charge in [0.2, 0.25) is 0 Å². The van der Waals surface area contributed by atoms with Gasteiger partial charge in [0, 0.05) is 38.4 Å². The van der Waals surface area contributed by atoms with Gasteiger partial charge in [0.05, 0.1) is 6.04 Å². The Hall–Kier alpha value is -2.77. The molecule has 1 fully saturated rings. The van der Waals surface area contributed by atoms with Crippen LogP contribution in [-0.2, 0) is 6.54 Å². The van der Waals surface area contributed by atoms with Crippen LogP contribution in [0.1, 0.15) is 30.4 Å². The molecule has 3 rings (SSSR count). The fraction of sp³-hybridized carbons (Fsp3) is 0.421. The molecule has 1 aromatic heterocycles. The molecule has 144 valence electrons. The molecule has 1 atom stereocenters. The van der Waals surface area contributed by atoms with Crippen LogP contribution in [0.5, 0.6) is 0 Å². The van der Waals surface area contributed by atoms with Crippen molar-refractivity contribution < 1.29 is 13.6 Å². The van der Waals surface area contributed by atoms with Crippen molar-refractivity contribution in [1.82, 2.24) is 20.4 Å². The average molecular weight is 375 g/mol. The molecule has 0 unspecified atom stereocenters. The molecule has 2 amide bonds. The maximum Gasteiger partial charge on any atom is 0.317 e. The molecule has 0 spiro atoms. The van der Waals surface area contributed by atoms with Crippen molar-refractivity contribution in [2.45, 2.75) is 31.9 Å². The number of benzene rings is 1. The second kappa shape index (κ2) is 8.75. The van der Waals surface area contributed by atoms with Gasteiger partial charge in [-0.15, -0.1) is 5.10 Å². The summed E-state index contributed by atoms with van der Waals surface area (Å²) in [6.07, 6.45) is 0.974. The SMILES string of the molecule is CN(C(=O)NCc1cccc(C(F)F)c1)[C@@H]1CCCN(c2cccnn2)C1. The molecule has 0 bridgehead atoms. The van der Waals surface area contributed by atoms with Crippen molar-refractivity contribution >= 4 is 11.8 Å². The minimum atomic E-state index is -2.52. The molecule has 6 nitrogen and oxygen atoms in total. The minimum absolute atomic E-state index is 0.0398. The van der Waals surface area contributed by atoms with E-state index in [1.165, 1.54) is 12.1 Å². The molecular weight excluding hydrogens is 352 g/mol. The first-order chi connectivity index (χ1) is 13.0. The van der Waals surface area contributed by atoms with Gasteiger partial charge < -0.3 is 15.1 Å². The Bertz CT molecular complexity index is 759. The largest absolute Gasteiger partial charge is 0.353 e. The zero-order chi connectivity index (χ0) is 19.2. The molecule has 1 aromatic carbocycles. The number of halogens is 2. The molecule has 1 aliphatic heterocycles. The summed E-state index contributed by atoms with van der Waals surface area (Å²) in [5.41, 5.74) is 0.612. The van der Waals surface area contributed by atoms with Gasteiger partial charge in [-0.3, -0.25) is 0 Å². The van der Waals surface area contributed by atoms with E-state index in [-0.39, 0.29) is 24.2 Å². The number of carbonyl (C=O) groups excluding carboxylic acids is 1. The van der Waals surface area contributed by atoms with Gasteiger partial charge >= 0.3 is 6.03 Å². The van der Waals surface area contributed by atoms with Crippen molar-refractivity contribution in [2.24, 2.45) is 0 Å². The summed E-state index contributed by atoms with van der Waals surface area (Å²) in [4.78, 5) is 16.3. The van der Waals surface area contributed by atoms with E-state index in [2.05, 4.69) is 20.4 Å². The van der Waals surface area contributed by atoms with Crippen LogP contribution in [0.4, 0.5) is 19.4 Å². The predicted octanol–water partition coefficient (Wildman–Crippen LogP) is 3.22. The fourth-order valence-electron chi connectivity index (χ4n) is 3.25. The van der Waals surface area contributed by atoms with E-state index in [9.17, 15) is 13.6 Å². The number of nitrogens with one attached hydrogen (secondary N) is 1. The molecule has 0 radical (unpaired) electrons. The highest BCUT2D eigenvalue weighted by Gasteiger charge is 2.26. The van der Waals surface area contributed by atoms with Crippen LogP contribution < -0.4 is 10.2 Å². The third kappa shape index (κ3) is 4.90. The molecule has 27 heavy (non-hydrogen) atoms. The maximum atomic E-state index is 12.8. The number of likely N-dealkylation sites (N-methyl/N-ethyl adjacent to an activating group) is 1. The Kier molecular flexibility index (Phi) is 6.16. The first-order valence-corrected chi connectivity index (χ1v) is 8.95. The van der Waals surface area contributed by atoms with Crippen LogP contribution in [0, 0.1) is 0 Å². The summed E-state index contributed by atoms with van der Waals surface area (Å²) < 4.78 is 25.6. The standard InChI is InChI=1S/C19H23F2N5O/c1-25(16-7-4-10-26(13-16)17-8-3-9-23-24-17)19(27)22-12-14-5-2-6-15(11-14)18(20)21/h2-3,5-6,8-9,11,16,18H,4,7,10,12-13H2,1H3,(H,22,27)/t16-/m1/s1. The van der Waals surface area contributed by atoms with Gasteiger partial charge in [-0.2, -0.15) is 5.10 Å². The monoisotopic (exact) mass is 375 g/mol. The summed E-state index contributed by atoms with van der Waals surface area (Å²) in [6.45, 7) is 1.78. The molecule has 0 aliphatic carbocycles. The number of aromatic nitrogens is 2. The molecule has 8 heteroatoms. The highest BCUT2D eigenvalue weighted by atomic mass is 19.3. The Labute approximate surface area is 157 Å². The number of rotatable bonds is 5. The molecule has 2 aromatic rings. The predicted molar refractivity (Wildman–Crippen MR) is 98.7 cm³/mol. The van der Waals surface area contributed by atoms with Gasteiger partial charge in [-0.05, 0) is 36.6 Å². The lowest BCUT2D eigenvalue weighted by Crippen LogP contribution is -2.51. The van der Waals surface area contributed by atoms with Gasteiger partial charge in [0.1, 0.15) is 0 Å². The Morgan fingerprint density at radius 1 is 1.37 bits per heavy atom. The molecule has 1 aliphatic rings. The van der Waals surface area contributed by atoms with E-state index in [4.69, 9.17) is 0 Å². The molecule has 1 saturated heterocycles. The van der Waals surface area contributed by atoms with Crippen LogP contribution in [0.25, 0.3) is 0 Å². The molecule has 0 saturated carbocycles. The van der Waals surface area contributed by atoms with Gasteiger partial charge in [-0.1, -0.05) is 18.2 Å². The number of amides is 2. The second-order valence-electron chi connectivity index (χ2n) is 6.64. The Balaban J connectivity index is 1.56. The van der Waals surface area contributed by atoms with E-state index in [1.54, 1.807) is 30.3 Å². The summed E-state index contributed by atoms with van der Waals surface area (Å²) in [6, 6.07) is 9.68. The lowest BCUT2D eigenvalue weighted by atomic mass is 10.0. The maximum absolute atomic E-state index is 12.8. The lowest BCUT2D eigenvalue weighted by molar-refractivity contribution is 0.151. The average Bonchev–Trinajstić information content (AvgIpc) is 2.72. The fourth-order valence-corrected chi connectivity index (χ4v) is 3.25. The highest BCUT2D eigenvalue weighted by Crippen LogP contribution is 2.21. The smallest absolute Gasteiger partial charge is 0.317 e. The number of alkyl halides is 2. The Morgan fingerprint density at radius 3 is 2.96 bits per heavy atom. The van der Waals surface area contributed by atoms with Gasteiger partial charge in [-0.25, -0.2) is 13.6 Å². The van der Waals surface area contributed by atoms with Crippen LogP contribution in [0.2, 0.25) is 0 Å². The van der Waals surface area contributed by atoms with Gasteiger partial charge in [0.15, 0.2) is 5.82 Å². The first kappa shape index (κ1) is 19.0. The van der Waals surface area contributed by atoms with Crippen LogP contribution in [0.15, 0.2) is 42.6 Å². The van der Waals surface area contributed by atoms with Crippen molar-refractivity contribution in [2.75, 3.05) is 25.0 Å². The third-order valence-electron chi connectivity index (χ3n) is 4.79. The minimum Gasteiger partial charge on any atom is -0.353 e. The van der Waals surface area contributed by atoms with E-state index in [0.717, 1.165) is 25.2 Å². The summed E-state index contributed by atoms with van der Waals surface area (Å²) in [5, 5.41) is 10.9. The van der Waals surface area contributed by atoms with Crippen molar-refractivity contribution in [3.05, 3.63) is 53.7 Å². The summed E-state index contributed by atoms with van der Waals surface area (Å²) in [7, 11) is 1.76. The van der Waals surface area contributed by atoms with Crippen LogP contribution >= 0.6 is 0 Å². The van der Waals surface area contributed by atoms with Crippen LogP contribution in [-0.4, -0.2) is 47.3 Å². The second-order valence-corrected chi connectivity index (χ2v) is 6.64. The van der Waals surface area contributed by atoms with Crippen molar-refractivity contribution in [1.29, 1.82) is 0 Å². The quantitative estimate of drug-likeness (QED) is 0.872. The van der Waals surface area contributed by atoms with E-state index < -0.39 is 6.43 Å². The zero-order valence-electron chi connectivity index (χ0n) is 15.2.